The van der Waals surface area contributed by atoms with Gasteiger partial charge >= 0.3 is 0 Å². The van der Waals surface area contributed by atoms with E-state index in [0.29, 0.717) is 12.4 Å². The largest absolute Gasteiger partial charge is 0.545 e. The molecule has 110 valence electrons. The van der Waals surface area contributed by atoms with E-state index in [4.69, 9.17) is 4.74 Å². The second-order valence-electron chi connectivity index (χ2n) is 5.03. The number of carbonyl (C=O) groups excluding carboxylic acids is 1. The summed E-state index contributed by atoms with van der Waals surface area (Å²) in [5, 5.41) is 10.8. The number of carboxylic acids is 1. The smallest absolute Gasteiger partial charge is 0.137 e. The highest BCUT2D eigenvalue weighted by Gasteiger charge is 2.04. The molecule has 1 N–H and O–H groups in total. The van der Waals surface area contributed by atoms with Crippen molar-refractivity contribution in [2.24, 2.45) is 0 Å². The van der Waals surface area contributed by atoms with Crippen LogP contribution in [0.2, 0.25) is 0 Å². The zero-order chi connectivity index (χ0) is 15.1. The molecule has 2 rings (SSSR count). The van der Waals surface area contributed by atoms with Crippen molar-refractivity contribution in [3.63, 3.8) is 0 Å². The number of carboxylic acid groups (broad SMARTS) is 1. The third kappa shape index (κ3) is 4.93. The lowest BCUT2D eigenvalue weighted by Gasteiger charge is -2.15. The first kappa shape index (κ1) is 15.1. The van der Waals surface area contributed by atoms with Crippen LogP contribution < -0.4 is 14.7 Å². The summed E-state index contributed by atoms with van der Waals surface area (Å²) in [6.45, 7) is 2.31. The van der Waals surface area contributed by atoms with Gasteiger partial charge in [-0.1, -0.05) is 42.5 Å². The molecule has 21 heavy (non-hydrogen) atoms. The number of quaternary nitrogens is 1. The Bertz CT molecular complexity index is 584. The minimum atomic E-state index is -1.19. The van der Waals surface area contributed by atoms with Gasteiger partial charge in [0.15, 0.2) is 0 Å². The number of likely N-dealkylation sites (N-methyl/N-ethyl adjacent to an activating group) is 1. The van der Waals surface area contributed by atoms with Crippen LogP contribution in [0.25, 0.3) is 0 Å². The number of benzene rings is 2. The van der Waals surface area contributed by atoms with E-state index in [1.165, 1.54) is 22.6 Å². The summed E-state index contributed by atoms with van der Waals surface area (Å²) in [5.41, 5.74) is 1.42. The fraction of sp³-hybridized carbons (Fsp3) is 0.235. The Hall–Kier alpha value is -2.33. The molecule has 0 heterocycles. The Labute approximate surface area is 124 Å². The first-order chi connectivity index (χ1) is 10.1. The highest BCUT2D eigenvalue weighted by molar-refractivity contribution is 5.86. The van der Waals surface area contributed by atoms with Crippen molar-refractivity contribution in [3.8, 4) is 5.75 Å². The highest BCUT2D eigenvalue weighted by atomic mass is 16.5. The van der Waals surface area contributed by atoms with Gasteiger partial charge in [0, 0.05) is 11.1 Å². The lowest BCUT2D eigenvalue weighted by Crippen LogP contribution is -3.08. The molecule has 1 unspecified atom stereocenters. The molecule has 4 heteroatoms. The van der Waals surface area contributed by atoms with E-state index in [-0.39, 0.29) is 5.56 Å². The van der Waals surface area contributed by atoms with Crippen molar-refractivity contribution < 1.29 is 19.5 Å². The zero-order valence-corrected chi connectivity index (χ0v) is 12.0. The van der Waals surface area contributed by atoms with Gasteiger partial charge in [0.25, 0.3) is 0 Å². The van der Waals surface area contributed by atoms with Gasteiger partial charge < -0.3 is 19.5 Å². The number of rotatable bonds is 7. The Kier molecular flexibility index (Phi) is 5.35. The van der Waals surface area contributed by atoms with Crippen molar-refractivity contribution in [2.45, 2.75) is 6.54 Å². The Morgan fingerprint density at radius 1 is 1.14 bits per heavy atom. The average molecular weight is 285 g/mol. The molecular weight excluding hydrogens is 266 g/mol. The third-order valence-electron chi connectivity index (χ3n) is 3.22. The van der Waals surface area contributed by atoms with E-state index < -0.39 is 5.97 Å². The van der Waals surface area contributed by atoms with E-state index in [0.717, 1.165) is 13.1 Å². The first-order valence-corrected chi connectivity index (χ1v) is 6.94. The van der Waals surface area contributed by atoms with Gasteiger partial charge in [0.2, 0.25) is 0 Å². The molecule has 0 aromatic heterocycles. The molecule has 0 bridgehead atoms. The van der Waals surface area contributed by atoms with Crippen molar-refractivity contribution in [1.29, 1.82) is 0 Å². The van der Waals surface area contributed by atoms with E-state index >= 15 is 0 Å². The predicted molar refractivity (Wildman–Crippen MR) is 78.2 cm³/mol. The summed E-state index contributed by atoms with van der Waals surface area (Å²) in [7, 11) is 2.11. The van der Waals surface area contributed by atoms with E-state index in [2.05, 4.69) is 19.2 Å². The van der Waals surface area contributed by atoms with Crippen LogP contribution in [0.5, 0.6) is 5.75 Å². The molecule has 0 saturated heterocycles. The molecule has 2 aromatic rings. The van der Waals surface area contributed by atoms with Gasteiger partial charge in [-0.15, -0.1) is 0 Å². The second kappa shape index (κ2) is 7.45. The summed E-state index contributed by atoms with van der Waals surface area (Å²) in [6.07, 6.45) is 0. The molecule has 0 spiro atoms. The van der Waals surface area contributed by atoms with Gasteiger partial charge in [-0.3, -0.25) is 0 Å². The lowest BCUT2D eigenvalue weighted by atomic mass is 10.2. The molecule has 0 radical (unpaired) electrons. The number of hydrogen-bond acceptors (Lipinski definition) is 3. The van der Waals surface area contributed by atoms with Crippen LogP contribution in [0.3, 0.4) is 0 Å². The van der Waals surface area contributed by atoms with E-state index in [1.807, 2.05) is 18.2 Å². The maximum Gasteiger partial charge on any atom is 0.137 e. The Balaban J connectivity index is 1.78. The molecule has 0 amide bonds. The van der Waals surface area contributed by atoms with Crippen molar-refractivity contribution in [1.82, 2.24) is 0 Å². The van der Waals surface area contributed by atoms with E-state index in [1.54, 1.807) is 12.1 Å². The lowest BCUT2D eigenvalue weighted by molar-refractivity contribution is -0.893. The summed E-state index contributed by atoms with van der Waals surface area (Å²) < 4.78 is 5.59. The zero-order valence-electron chi connectivity index (χ0n) is 12.0. The van der Waals surface area contributed by atoms with Crippen LogP contribution in [0.1, 0.15) is 15.9 Å². The number of carbonyl (C=O) groups is 1. The Morgan fingerprint density at radius 3 is 2.62 bits per heavy atom. The van der Waals surface area contributed by atoms with Gasteiger partial charge in [0.1, 0.15) is 25.4 Å². The maximum atomic E-state index is 10.8. The molecule has 0 fully saturated rings. The third-order valence-corrected chi connectivity index (χ3v) is 3.22. The SMILES string of the molecule is C[NH+](CCOc1cccc(C(=O)[O-])c1)Cc1ccccc1. The molecule has 4 nitrogen and oxygen atoms in total. The summed E-state index contributed by atoms with van der Waals surface area (Å²) in [6, 6.07) is 16.7. The van der Waals surface area contributed by atoms with Gasteiger partial charge in [-0.05, 0) is 12.1 Å². The van der Waals surface area contributed by atoms with Crippen LogP contribution in [-0.4, -0.2) is 26.2 Å². The quantitative estimate of drug-likeness (QED) is 0.787. The van der Waals surface area contributed by atoms with Crippen LogP contribution in [0.15, 0.2) is 54.6 Å². The van der Waals surface area contributed by atoms with E-state index in [9.17, 15) is 9.90 Å². The minimum absolute atomic E-state index is 0.137. The summed E-state index contributed by atoms with van der Waals surface area (Å²) in [4.78, 5) is 12.1. The second-order valence-corrected chi connectivity index (χ2v) is 5.03. The standard InChI is InChI=1S/C17H19NO3/c1-18(13-14-6-3-2-4-7-14)10-11-21-16-9-5-8-15(12-16)17(19)20/h2-9,12H,10-11,13H2,1H3,(H,19,20). The normalized spacial score (nSPS) is 11.9. The molecule has 0 aliphatic carbocycles. The number of aromatic carboxylic acids is 1. The highest BCUT2D eigenvalue weighted by Crippen LogP contribution is 2.12. The molecular formula is C17H19NO3. The molecule has 1 atom stereocenters. The summed E-state index contributed by atoms with van der Waals surface area (Å²) >= 11 is 0. The van der Waals surface area contributed by atoms with Crippen LogP contribution >= 0.6 is 0 Å². The topological polar surface area (TPSA) is 53.8 Å². The Morgan fingerprint density at radius 2 is 1.90 bits per heavy atom. The maximum absolute atomic E-state index is 10.8. The monoisotopic (exact) mass is 285 g/mol. The molecule has 2 aromatic carbocycles. The molecule has 0 saturated carbocycles. The molecule has 0 aliphatic heterocycles. The van der Waals surface area contributed by atoms with Crippen LogP contribution in [0.4, 0.5) is 0 Å². The van der Waals surface area contributed by atoms with Gasteiger partial charge in [0.05, 0.1) is 13.0 Å². The van der Waals surface area contributed by atoms with Crippen LogP contribution in [-0.2, 0) is 6.54 Å². The van der Waals surface area contributed by atoms with Crippen molar-refractivity contribution >= 4 is 5.97 Å². The molecule has 0 aliphatic rings. The first-order valence-electron chi connectivity index (χ1n) is 6.94. The minimum Gasteiger partial charge on any atom is -0.545 e. The predicted octanol–water partition coefficient (Wildman–Crippen LogP) is 0.144. The van der Waals surface area contributed by atoms with Gasteiger partial charge in [-0.2, -0.15) is 0 Å². The van der Waals surface area contributed by atoms with Crippen LogP contribution in [0, 0.1) is 0 Å². The average Bonchev–Trinajstić information content (AvgIpc) is 2.48. The summed E-state index contributed by atoms with van der Waals surface area (Å²) in [5.74, 6) is -0.628. The number of hydrogen-bond donors (Lipinski definition) is 1. The number of nitrogens with one attached hydrogen (secondary N) is 1. The fourth-order valence-electron chi connectivity index (χ4n) is 2.09. The fourth-order valence-corrected chi connectivity index (χ4v) is 2.09. The number of ether oxygens (including phenoxy) is 1. The van der Waals surface area contributed by atoms with Crippen molar-refractivity contribution in [3.05, 3.63) is 65.7 Å². The van der Waals surface area contributed by atoms with Crippen molar-refractivity contribution in [2.75, 3.05) is 20.2 Å². The van der Waals surface area contributed by atoms with Gasteiger partial charge in [-0.25, -0.2) is 0 Å².